The van der Waals surface area contributed by atoms with E-state index in [0.29, 0.717) is 19.0 Å². The predicted molar refractivity (Wildman–Crippen MR) is 168 cm³/mol. The fourth-order valence-corrected chi connectivity index (χ4v) is 6.92. The standard InChI is InChI=1S/C30H41F4N7O3S/c1-29(2,42)19-36-16-21(15-35)27-24(30(32,33)34)17-37-28(39-27)38-26-9-8-23(14-25(26)31)45(43,44)40-22-10-12-41(13-11-22)18-20-6-4-3-5-7-20/h8-9,14-17,20,22,42H,3-7,10-13,18-19,35H2,1-2H3,(H2-,37,38,39,40,43,44)/p+2/b21-15+,36-16?. The quantitative estimate of drug-likeness (QED) is 0.149. The van der Waals surface area contributed by atoms with Crippen LogP contribution in [-0.4, -0.2) is 68.6 Å². The number of aromatic nitrogens is 2. The van der Waals surface area contributed by atoms with Gasteiger partial charge in [0.1, 0.15) is 12.1 Å². The second-order valence-corrected chi connectivity index (χ2v) is 14.2. The smallest absolute Gasteiger partial charge is 0.419 e. The number of hydrogen-bond acceptors (Lipinski definition) is 7. The number of nitrogens with one attached hydrogen (secondary N) is 2. The Hall–Kier alpha value is -2.98. The number of likely N-dealkylation sites (tertiary alicyclic amines) is 1. The molecule has 248 valence electrons. The van der Waals surface area contributed by atoms with Gasteiger partial charge in [-0.05, 0) is 55.0 Å². The van der Waals surface area contributed by atoms with Crippen LogP contribution in [0.3, 0.4) is 0 Å². The minimum Gasteiger partial charge on any atom is -0.440 e. The number of allylic oxidation sites excluding steroid dienone is 1. The maximum absolute atomic E-state index is 15.2. The van der Waals surface area contributed by atoms with Gasteiger partial charge in [0.2, 0.25) is 10.8 Å². The number of alkyl halides is 3. The van der Waals surface area contributed by atoms with Gasteiger partial charge in [0.05, 0.1) is 17.4 Å². The first kappa shape index (κ1) is 34.9. The molecule has 2 fully saturated rings. The van der Waals surface area contributed by atoms with Gasteiger partial charge in [-0.1, -0.05) is 19.3 Å². The zero-order valence-electron chi connectivity index (χ0n) is 25.5. The van der Waals surface area contributed by atoms with Crippen molar-refractivity contribution in [2.75, 3.05) is 31.5 Å². The van der Waals surface area contributed by atoms with E-state index in [1.807, 2.05) is 0 Å². The van der Waals surface area contributed by atoms with E-state index in [-0.39, 0.29) is 34.7 Å². The topological polar surface area (TPSA) is 152 Å². The number of anilines is 2. The Kier molecular flexibility index (Phi) is 11.3. The van der Waals surface area contributed by atoms with Gasteiger partial charge < -0.3 is 21.1 Å². The molecule has 0 spiro atoms. The van der Waals surface area contributed by atoms with Crippen LogP contribution < -0.4 is 15.8 Å². The predicted octanol–water partition coefficient (Wildman–Crippen LogP) is 5.13. The second-order valence-electron chi connectivity index (χ2n) is 12.4. The maximum atomic E-state index is 15.2. The number of aliphatic imine (C=N–C) groups is 1. The van der Waals surface area contributed by atoms with Crippen LogP contribution in [0.15, 0.2) is 40.5 Å². The third-order valence-corrected chi connectivity index (χ3v) is 9.47. The zero-order chi connectivity index (χ0) is 32.8. The minimum absolute atomic E-state index is 0.00195. The fraction of sp³-hybridized carbons (Fsp3) is 0.567. The summed E-state index contributed by atoms with van der Waals surface area (Å²) in [6, 6.07) is 3.17. The maximum Gasteiger partial charge on any atom is 0.419 e. The van der Waals surface area contributed by atoms with Gasteiger partial charge in [0.25, 0.3) is 0 Å². The molecule has 0 amide bonds. The van der Waals surface area contributed by atoms with Crippen molar-refractivity contribution in [1.29, 1.82) is 0 Å². The van der Waals surface area contributed by atoms with Crippen LogP contribution in [0.25, 0.3) is 5.57 Å². The van der Waals surface area contributed by atoms with E-state index in [0.717, 1.165) is 44.0 Å². The molecule has 1 aromatic heterocycles. The van der Waals surface area contributed by atoms with Gasteiger partial charge in [0.15, 0.2) is 11.4 Å². The summed E-state index contributed by atoms with van der Waals surface area (Å²) >= 11 is 0. The number of nitrogens with zero attached hydrogens (tertiary/aromatic N) is 4. The molecule has 1 atom stereocenters. The number of halogens is 4. The molecule has 1 saturated heterocycles. The summed E-state index contributed by atoms with van der Waals surface area (Å²) < 4.78 is 83.2. The highest BCUT2D eigenvalue weighted by Crippen LogP contribution is 2.34. The van der Waals surface area contributed by atoms with E-state index in [1.165, 1.54) is 44.2 Å². The minimum atomic E-state index is -4.82. The van der Waals surface area contributed by atoms with Crippen LogP contribution in [-0.2, 0) is 20.8 Å². The summed E-state index contributed by atoms with van der Waals surface area (Å²) in [5, 5.41) is 10.4. The van der Waals surface area contributed by atoms with Gasteiger partial charge in [-0.15, -0.1) is 4.72 Å². The molecule has 1 aliphatic carbocycles. The first-order valence-corrected chi connectivity index (χ1v) is 16.6. The third-order valence-electron chi connectivity index (χ3n) is 7.93. The van der Waals surface area contributed by atoms with E-state index >= 15 is 4.39 Å². The van der Waals surface area contributed by atoms with E-state index in [4.69, 9.17) is 10.8 Å². The molecular formula is C30H43F4N7O3S+2. The van der Waals surface area contributed by atoms with E-state index in [9.17, 15) is 21.9 Å². The summed E-state index contributed by atoms with van der Waals surface area (Å²) in [6.07, 6.45) is 5.53. The molecule has 0 bridgehead atoms. The summed E-state index contributed by atoms with van der Waals surface area (Å²) in [6.45, 7) is 5.90. The van der Waals surface area contributed by atoms with Crippen molar-refractivity contribution in [3.8, 4) is 0 Å². The highest BCUT2D eigenvalue weighted by Gasteiger charge is 2.37. The highest BCUT2D eigenvalue weighted by atomic mass is 32.3. The van der Waals surface area contributed by atoms with Crippen molar-refractivity contribution in [2.45, 2.75) is 81.5 Å². The fourth-order valence-electron chi connectivity index (χ4n) is 5.58. The van der Waals surface area contributed by atoms with Crippen LogP contribution in [0.1, 0.15) is 70.1 Å². The van der Waals surface area contributed by atoms with Gasteiger partial charge in [-0.3, -0.25) is 4.99 Å². The first-order chi connectivity index (χ1) is 21.1. The van der Waals surface area contributed by atoms with Crippen molar-refractivity contribution < 1.29 is 31.4 Å². The molecule has 2 aliphatic rings. The Morgan fingerprint density at radius 2 is 1.89 bits per heavy atom. The van der Waals surface area contributed by atoms with E-state index in [2.05, 4.69) is 29.9 Å². The molecule has 1 aromatic carbocycles. The molecule has 1 unspecified atom stereocenters. The number of rotatable bonds is 11. The normalized spacial score (nSPS) is 19.6. The summed E-state index contributed by atoms with van der Waals surface area (Å²) in [7, 11) is -3.77. The summed E-state index contributed by atoms with van der Waals surface area (Å²) in [4.78, 5) is 13.9. The summed E-state index contributed by atoms with van der Waals surface area (Å²) in [5.41, 5.74) is 2.50. The van der Waals surface area contributed by atoms with Crippen molar-refractivity contribution in [3.63, 3.8) is 0 Å². The Bertz CT molecular complexity index is 1420. The molecule has 1 aliphatic heterocycles. The molecule has 15 heteroatoms. The largest absolute Gasteiger partial charge is 0.440 e. The summed E-state index contributed by atoms with van der Waals surface area (Å²) in [5.74, 6) is -0.557. The lowest BCUT2D eigenvalue weighted by Crippen LogP contribution is -2.47. The second kappa shape index (κ2) is 14.6. The van der Waals surface area contributed by atoms with Crippen molar-refractivity contribution >= 4 is 33.8 Å². The van der Waals surface area contributed by atoms with Crippen molar-refractivity contribution in [1.82, 2.24) is 19.6 Å². The highest BCUT2D eigenvalue weighted by molar-refractivity contribution is 7.95. The molecule has 4 rings (SSSR count). The first-order valence-electron chi connectivity index (χ1n) is 15.1. The molecular weight excluding hydrogens is 614 g/mol. The Labute approximate surface area is 262 Å². The van der Waals surface area contributed by atoms with Crippen molar-refractivity contribution in [2.24, 2.45) is 16.6 Å². The van der Waals surface area contributed by atoms with E-state index < -0.39 is 39.3 Å². The Morgan fingerprint density at radius 3 is 2.49 bits per heavy atom. The van der Waals surface area contributed by atoms with Crippen LogP contribution in [0.2, 0.25) is 0 Å². The monoisotopic (exact) mass is 657 g/mol. The third kappa shape index (κ3) is 10.0. The van der Waals surface area contributed by atoms with Crippen LogP contribution in [0, 0.1) is 11.7 Å². The molecule has 0 radical (unpaired) electrons. The van der Waals surface area contributed by atoms with Gasteiger partial charge in [-0.2, -0.15) is 17.7 Å². The number of piperidine rings is 1. The Morgan fingerprint density at radius 1 is 1.20 bits per heavy atom. The number of hydrogen-bond donors (Lipinski definition) is 4. The molecule has 10 nitrogen and oxygen atoms in total. The van der Waals surface area contributed by atoms with Crippen molar-refractivity contribution in [3.05, 3.63) is 47.7 Å². The molecule has 45 heavy (non-hydrogen) atoms. The van der Waals surface area contributed by atoms with Gasteiger partial charge >= 0.3 is 16.6 Å². The average molecular weight is 658 g/mol. The Balaban J connectivity index is 1.44. The van der Waals surface area contributed by atoms with Gasteiger partial charge in [-0.25, -0.2) is 14.4 Å². The molecule has 7 N–H and O–H groups in total. The van der Waals surface area contributed by atoms with Crippen LogP contribution in [0.4, 0.5) is 29.2 Å². The lowest BCUT2D eigenvalue weighted by molar-refractivity contribution is -0.138. The SMILES string of the molecule is CC(C)([OH2+])CN=C/C(=C\N)c1nc(Nc2ccc([S+](=O)(O)NC3CCN(CC4CCCCC4)CC3)cc2F)ncc1C(F)(F)F. The van der Waals surface area contributed by atoms with Crippen LogP contribution in [0.5, 0.6) is 0 Å². The molecule has 2 heterocycles. The lowest BCUT2D eigenvalue weighted by Gasteiger charge is -2.34. The number of benzene rings is 1. The van der Waals surface area contributed by atoms with Crippen LogP contribution >= 0.6 is 0 Å². The molecule has 1 saturated carbocycles. The zero-order valence-corrected chi connectivity index (χ0v) is 26.4. The number of nitrogens with two attached hydrogens (primary N) is 1. The van der Waals surface area contributed by atoms with E-state index in [1.54, 1.807) is 13.8 Å². The van der Waals surface area contributed by atoms with Gasteiger partial charge in [0, 0.05) is 56.7 Å². The average Bonchev–Trinajstić information content (AvgIpc) is 2.96. The molecule has 2 aromatic rings. The lowest BCUT2D eigenvalue weighted by atomic mass is 9.88.